The van der Waals surface area contributed by atoms with Crippen LogP contribution < -0.4 is 11.1 Å². The quantitative estimate of drug-likeness (QED) is 0.880. The molecule has 0 saturated carbocycles. The van der Waals surface area contributed by atoms with Crippen LogP contribution in [-0.4, -0.2) is 4.98 Å². The maximum absolute atomic E-state index is 12.5. The minimum absolute atomic E-state index is 0.115. The lowest BCUT2D eigenvalue weighted by Gasteiger charge is -2.12. The molecule has 0 atom stereocenters. The molecule has 0 fully saturated rings. The number of nitrogen functional groups attached to an aromatic ring is 1. The zero-order chi connectivity index (χ0) is 15.6. The fourth-order valence-corrected chi connectivity index (χ4v) is 1.80. The van der Waals surface area contributed by atoms with Crippen molar-refractivity contribution in [3.8, 4) is 6.07 Å². The number of nitrogens with two attached hydrogens (primary N) is 1. The first kappa shape index (κ1) is 14.9. The molecule has 0 aliphatic rings. The van der Waals surface area contributed by atoms with Gasteiger partial charge in [0.25, 0.3) is 0 Å². The van der Waals surface area contributed by atoms with Crippen LogP contribution in [0.1, 0.15) is 11.1 Å². The van der Waals surface area contributed by atoms with E-state index in [-0.39, 0.29) is 27.8 Å². The van der Waals surface area contributed by atoms with E-state index < -0.39 is 11.7 Å². The van der Waals surface area contributed by atoms with Gasteiger partial charge in [-0.05, 0) is 24.3 Å². The smallest absolute Gasteiger partial charge is 0.396 e. The highest BCUT2D eigenvalue weighted by atomic mass is 35.5. The van der Waals surface area contributed by atoms with Gasteiger partial charge >= 0.3 is 6.18 Å². The standard InChI is InChI=1S/C13H8ClF3N4/c14-9-4-8(13(15,16)17)1-2-11(9)21-12-10(19)3-7(5-18)6-20-12/h1-4,6H,19H2,(H,20,21). The SMILES string of the molecule is N#Cc1cnc(Nc2ccc(C(F)(F)F)cc2Cl)c(N)c1. The molecule has 3 N–H and O–H groups in total. The van der Waals surface area contributed by atoms with Crippen molar-refractivity contribution in [1.82, 2.24) is 4.98 Å². The Bertz CT molecular complexity index is 722. The van der Waals surface area contributed by atoms with E-state index in [4.69, 9.17) is 22.6 Å². The van der Waals surface area contributed by atoms with Crippen LogP contribution in [0.15, 0.2) is 30.5 Å². The second-order valence-corrected chi connectivity index (χ2v) is 4.50. The lowest BCUT2D eigenvalue weighted by molar-refractivity contribution is -0.137. The topological polar surface area (TPSA) is 74.7 Å². The molecule has 0 saturated heterocycles. The molecule has 4 nitrogen and oxygen atoms in total. The summed E-state index contributed by atoms with van der Waals surface area (Å²) in [5, 5.41) is 11.3. The summed E-state index contributed by atoms with van der Waals surface area (Å²) in [5.74, 6) is 0.204. The number of hydrogen-bond acceptors (Lipinski definition) is 4. The van der Waals surface area contributed by atoms with E-state index in [0.717, 1.165) is 12.1 Å². The van der Waals surface area contributed by atoms with Crippen molar-refractivity contribution < 1.29 is 13.2 Å². The lowest BCUT2D eigenvalue weighted by Crippen LogP contribution is -2.05. The van der Waals surface area contributed by atoms with E-state index in [2.05, 4.69) is 10.3 Å². The molecular weight excluding hydrogens is 305 g/mol. The van der Waals surface area contributed by atoms with Crippen LogP contribution >= 0.6 is 11.6 Å². The van der Waals surface area contributed by atoms with Gasteiger partial charge in [-0.3, -0.25) is 0 Å². The number of anilines is 3. The van der Waals surface area contributed by atoms with Gasteiger partial charge in [0.2, 0.25) is 0 Å². The summed E-state index contributed by atoms with van der Waals surface area (Å²) in [6.07, 6.45) is -3.18. The van der Waals surface area contributed by atoms with Gasteiger partial charge in [0.15, 0.2) is 5.82 Å². The molecular formula is C13H8ClF3N4. The molecule has 0 amide bonds. The minimum Gasteiger partial charge on any atom is -0.396 e. The molecule has 1 aromatic carbocycles. The maximum Gasteiger partial charge on any atom is 0.416 e. The van der Waals surface area contributed by atoms with Crippen LogP contribution in [0.3, 0.4) is 0 Å². The highest BCUT2D eigenvalue weighted by Crippen LogP contribution is 2.35. The Hall–Kier alpha value is -2.46. The monoisotopic (exact) mass is 312 g/mol. The third-order valence-electron chi connectivity index (χ3n) is 2.60. The molecule has 1 heterocycles. The Labute approximate surface area is 123 Å². The van der Waals surface area contributed by atoms with Crippen molar-refractivity contribution in [2.75, 3.05) is 11.1 Å². The zero-order valence-electron chi connectivity index (χ0n) is 10.4. The van der Waals surface area contributed by atoms with Crippen molar-refractivity contribution in [2.45, 2.75) is 6.18 Å². The second-order valence-electron chi connectivity index (χ2n) is 4.09. The second kappa shape index (κ2) is 5.50. The maximum atomic E-state index is 12.5. The fraction of sp³-hybridized carbons (Fsp3) is 0.0769. The van der Waals surface area contributed by atoms with Crippen LogP contribution in [0.25, 0.3) is 0 Å². The molecule has 0 unspecified atom stereocenters. The number of hydrogen-bond donors (Lipinski definition) is 2. The van der Waals surface area contributed by atoms with E-state index >= 15 is 0 Å². The molecule has 1 aromatic heterocycles. The summed E-state index contributed by atoms with van der Waals surface area (Å²) >= 11 is 5.81. The summed E-state index contributed by atoms with van der Waals surface area (Å²) in [7, 11) is 0. The van der Waals surface area contributed by atoms with Gasteiger partial charge in [-0.1, -0.05) is 11.6 Å². The third kappa shape index (κ3) is 3.35. The van der Waals surface area contributed by atoms with Gasteiger partial charge in [-0.15, -0.1) is 0 Å². The average molecular weight is 313 g/mol. The number of rotatable bonds is 2. The molecule has 8 heteroatoms. The molecule has 0 bridgehead atoms. The molecule has 108 valence electrons. The Kier molecular flexibility index (Phi) is 3.91. The number of pyridine rings is 1. The molecule has 2 aromatic rings. The van der Waals surface area contributed by atoms with Gasteiger partial charge in [0, 0.05) is 6.20 Å². The number of alkyl halides is 3. The van der Waals surface area contributed by atoms with Gasteiger partial charge in [-0.25, -0.2) is 4.98 Å². The van der Waals surface area contributed by atoms with E-state index in [0.29, 0.717) is 0 Å². The Balaban J connectivity index is 2.31. The van der Waals surface area contributed by atoms with Gasteiger partial charge in [-0.2, -0.15) is 18.4 Å². The minimum atomic E-state index is -4.46. The summed E-state index contributed by atoms with van der Waals surface area (Å²) < 4.78 is 37.6. The molecule has 0 spiro atoms. The van der Waals surface area contributed by atoms with E-state index in [1.165, 1.54) is 18.3 Å². The number of nitrogens with one attached hydrogen (secondary N) is 1. The van der Waals surface area contributed by atoms with E-state index in [9.17, 15) is 13.2 Å². The van der Waals surface area contributed by atoms with E-state index in [1.54, 1.807) is 0 Å². The number of nitriles is 1. The van der Waals surface area contributed by atoms with Gasteiger partial charge in [0.05, 0.1) is 27.5 Å². The molecule has 2 rings (SSSR count). The first-order valence-electron chi connectivity index (χ1n) is 5.60. The normalized spacial score (nSPS) is 11.0. The van der Waals surface area contributed by atoms with Crippen molar-refractivity contribution in [3.63, 3.8) is 0 Å². The molecule has 0 aliphatic carbocycles. The predicted octanol–water partition coefficient (Wildman–Crippen LogP) is 3.95. The Morgan fingerprint density at radius 1 is 1.29 bits per heavy atom. The summed E-state index contributed by atoms with van der Waals surface area (Å²) in [4.78, 5) is 3.92. The number of aromatic nitrogens is 1. The van der Waals surface area contributed by atoms with Crippen molar-refractivity contribution in [3.05, 3.63) is 46.6 Å². The van der Waals surface area contributed by atoms with E-state index in [1.807, 2.05) is 6.07 Å². The summed E-state index contributed by atoms with van der Waals surface area (Å²) in [5.41, 5.74) is 5.54. The average Bonchev–Trinajstić information content (AvgIpc) is 2.41. The van der Waals surface area contributed by atoms with Crippen LogP contribution in [0.2, 0.25) is 5.02 Å². The number of benzene rings is 1. The van der Waals surface area contributed by atoms with Crippen LogP contribution in [0.5, 0.6) is 0 Å². The fourth-order valence-electron chi connectivity index (χ4n) is 1.57. The number of halogens is 4. The van der Waals surface area contributed by atoms with Crippen molar-refractivity contribution in [2.24, 2.45) is 0 Å². The van der Waals surface area contributed by atoms with Crippen molar-refractivity contribution >= 4 is 28.8 Å². The van der Waals surface area contributed by atoms with Crippen LogP contribution in [0.4, 0.5) is 30.4 Å². The highest BCUT2D eigenvalue weighted by molar-refractivity contribution is 6.33. The Morgan fingerprint density at radius 3 is 2.52 bits per heavy atom. The molecule has 21 heavy (non-hydrogen) atoms. The lowest BCUT2D eigenvalue weighted by atomic mass is 10.2. The van der Waals surface area contributed by atoms with Crippen LogP contribution in [-0.2, 0) is 6.18 Å². The molecule has 0 aliphatic heterocycles. The van der Waals surface area contributed by atoms with Crippen LogP contribution in [0, 0.1) is 11.3 Å². The van der Waals surface area contributed by atoms with Gasteiger partial charge < -0.3 is 11.1 Å². The third-order valence-corrected chi connectivity index (χ3v) is 2.91. The Morgan fingerprint density at radius 2 is 2.00 bits per heavy atom. The zero-order valence-corrected chi connectivity index (χ0v) is 11.1. The molecule has 0 radical (unpaired) electrons. The first-order chi connectivity index (χ1) is 9.81. The summed E-state index contributed by atoms with van der Waals surface area (Å²) in [6.45, 7) is 0. The summed E-state index contributed by atoms with van der Waals surface area (Å²) in [6, 6.07) is 6.16. The first-order valence-corrected chi connectivity index (χ1v) is 5.98. The number of nitrogens with zero attached hydrogens (tertiary/aromatic N) is 2. The van der Waals surface area contributed by atoms with Gasteiger partial charge in [0.1, 0.15) is 6.07 Å². The largest absolute Gasteiger partial charge is 0.416 e. The highest BCUT2D eigenvalue weighted by Gasteiger charge is 2.30. The van der Waals surface area contributed by atoms with Crippen molar-refractivity contribution in [1.29, 1.82) is 5.26 Å². The predicted molar refractivity (Wildman–Crippen MR) is 73.1 cm³/mol.